The molecule has 0 bridgehead atoms. The lowest BCUT2D eigenvalue weighted by Crippen LogP contribution is -2.06. The lowest BCUT2D eigenvalue weighted by Gasteiger charge is -2.06. The molecule has 0 saturated carbocycles. The van der Waals surface area contributed by atoms with Gasteiger partial charge >= 0.3 is 0 Å². The van der Waals surface area contributed by atoms with E-state index in [1.54, 1.807) is 18.3 Å². The summed E-state index contributed by atoms with van der Waals surface area (Å²) in [6, 6.07) is 9.38. The number of rotatable bonds is 2. The Hall–Kier alpha value is -2.16. The Morgan fingerprint density at radius 1 is 1.33 bits per heavy atom. The third kappa shape index (κ3) is 1.78. The highest BCUT2D eigenvalue weighted by atomic mass is 16.5. The van der Waals surface area contributed by atoms with Gasteiger partial charge < -0.3 is 4.74 Å². The Labute approximate surface area is 105 Å². The van der Waals surface area contributed by atoms with Gasteiger partial charge in [-0.25, -0.2) is 0 Å². The SMILES string of the molecule is Cc1ccnc(C(=O)c2cccc3c2OCC3)c1. The molecule has 0 N–H and O–H groups in total. The van der Waals surface area contributed by atoms with Crippen LogP contribution < -0.4 is 4.74 Å². The van der Waals surface area contributed by atoms with Crippen molar-refractivity contribution >= 4 is 5.78 Å². The highest BCUT2D eigenvalue weighted by molar-refractivity contribution is 6.09. The Kier molecular flexibility index (Phi) is 2.59. The Morgan fingerprint density at radius 2 is 2.22 bits per heavy atom. The molecule has 0 radical (unpaired) electrons. The number of hydrogen-bond donors (Lipinski definition) is 0. The van der Waals surface area contributed by atoms with Crippen LogP contribution in [0.1, 0.15) is 27.2 Å². The molecule has 1 aliphatic rings. The van der Waals surface area contributed by atoms with E-state index < -0.39 is 0 Å². The van der Waals surface area contributed by atoms with Crippen LogP contribution in [-0.2, 0) is 6.42 Å². The standard InChI is InChI=1S/C15H13NO2/c1-10-5-7-16-13(9-10)14(17)12-4-2-3-11-6-8-18-15(11)12/h2-5,7,9H,6,8H2,1H3. The van der Waals surface area contributed by atoms with Gasteiger partial charge in [-0.15, -0.1) is 0 Å². The zero-order valence-corrected chi connectivity index (χ0v) is 10.1. The van der Waals surface area contributed by atoms with Crippen molar-refractivity contribution in [2.45, 2.75) is 13.3 Å². The number of pyridine rings is 1. The molecular formula is C15H13NO2. The van der Waals surface area contributed by atoms with E-state index in [9.17, 15) is 4.79 Å². The zero-order valence-electron chi connectivity index (χ0n) is 10.1. The summed E-state index contributed by atoms with van der Waals surface area (Å²) in [5.74, 6) is 0.656. The second-order valence-electron chi connectivity index (χ2n) is 4.44. The van der Waals surface area contributed by atoms with Gasteiger partial charge in [-0.2, -0.15) is 0 Å². The summed E-state index contributed by atoms with van der Waals surface area (Å²) < 4.78 is 5.55. The van der Waals surface area contributed by atoms with Crippen LogP contribution in [0.2, 0.25) is 0 Å². The van der Waals surface area contributed by atoms with Gasteiger partial charge in [-0.1, -0.05) is 12.1 Å². The van der Waals surface area contributed by atoms with Gasteiger partial charge in [0, 0.05) is 12.6 Å². The van der Waals surface area contributed by atoms with Crippen molar-refractivity contribution in [2.75, 3.05) is 6.61 Å². The van der Waals surface area contributed by atoms with E-state index >= 15 is 0 Å². The van der Waals surface area contributed by atoms with Crippen LogP contribution >= 0.6 is 0 Å². The maximum atomic E-state index is 12.4. The summed E-state index contributed by atoms with van der Waals surface area (Å²) in [6.07, 6.45) is 2.53. The Balaban J connectivity index is 2.06. The summed E-state index contributed by atoms with van der Waals surface area (Å²) in [6.45, 7) is 2.60. The molecule has 3 heteroatoms. The van der Waals surface area contributed by atoms with Crippen LogP contribution in [0.4, 0.5) is 0 Å². The number of benzene rings is 1. The van der Waals surface area contributed by atoms with Crippen molar-refractivity contribution in [3.63, 3.8) is 0 Å². The minimum atomic E-state index is -0.0718. The van der Waals surface area contributed by atoms with Crippen molar-refractivity contribution in [3.05, 3.63) is 58.9 Å². The van der Waals surface area contributed by atoms with E-state index in [1.807, 2.05) is 25.1 Å². The molecule has 0 amide bonds. The topological polar surface area (TPSA) is 39.2 Å². The summed E-state index contributed by atoms with van der Waals surface area (Å²) in [4.78, 5) is 16.6. The van der Waals surface area contributed by atoms with Gasteiger partial charge in [0.05, 0.1) is 12.2 Å². The number of carbonyl (C=O) groups is 1. The third-order valence-electron chi connectivity index (χ3n) is 3.11. The maximum absolute atomic E-state index is 12.4. The van der Waals surface area contributed by atoms with Crippen molar-refractivity contribution in [2.24, 2.45) is 0 Å². The van der Waals surface area contributed by atoms with Crippen molar-refractivity contribution < 1.29 is 9.53 Å². The van der Waals surface area contributed by atoms with Gasteiger partial charge in [0.15, 0.2) is 0 Å². The summed E-state index contributed by atoms with van der Waals surface area (Å²) in [5, 5.41) is 0. The molecule has 3 nitrogen and oxygen atoms in total. The molecule has 2 aromatic rings. The van der Waals surface area contributed by atoms with Gasteiger partial charge in [-0.3, -0.25) is 9.78 Å². The molecule has 0 unspecified atom stereocenters. The second kappa shape index (κ2) is 4.26. The number of fused-ring (bicyclic) bond motifs is 1. The first-order chi connectivity index (χ1) is 8.75. The molecule has 0 fully saturated rings. The molecular weight excluding hydrogens is 226 g/mol. The summed E-state index contributed by atoms with van der Waals surface area (Å²) >= 11 is 0. The molecule has 90 valence electrons. The smallest absolute Gasteiger partial charge is 0.215 e. The normalized spacial score (nSPS) is 12.9. The van der Waals surface area contributed by atoms with Crippen LogP contribution in [-0.4, -0.2) is 17.4 Å². The lowest BCUT2D eigenvalue weighted by atomic mass is 10.0. The van der Waals surface area contributed by atoms with Gasteiger partial charge in [0.1, 0.15) is 11.4 Å². The van der Waals surface area contributed by atoms with Gasteiger partial charge in [-0.05, 0) is 36.2 Å². The molecule has 0 saturated heterocycles. The minimum Gasteiger partial charge on any atom is -0.492 e. The van der Waals surface area contributed by atoms with Crippen LogP contribution in [0.25, 0.3) is 0 Å². The third-order valence-corrected chi connectivity index (χ3v) is 3.11. The summed E-state index contributed by atoms with van der Waals surface area (Å²) in [5.41, 5.74) is 3.22. The van der Waals surface area contributed by atoms with Crippen LogP contribution in [0, 0.1) is 6.92 Å². The minimum absolute atomic E-state index is 0.0718. The molecule has 1 aromatic heterocycles. The average molecular weight is 239 g/mol. The average Bonchev–Trinajstić information content (AvgIpc) is 2.86. The highest BCUT2D eigenvalue weighted by Crippen LogP contribution is 2.30. The van der Waals surface area contributed by atoms with E-state index in [0.717, 1.165) is 23.3 Å². The van der Waals surface area contributed by atoms with Crippen LogP contribution in [0.3, 0.4) is 0 Å². The number of hydrogen-bond acceptors (Lipinski definition) is 3. The van der Waals surface area contributed by atoms with Crippen molar-refractivity contribution in [1.29, 1.82) is 0 Å². The molecule has 0 spiro atoms. The Morgan fingerprint density at radius 3 is 3.06 bits per heavy atom. The van der Waals surface area contributed by atoms with Crippen molar-refractivity contribution in [3.8, 4) is 5.75 Å². The van der Waals surface area contributed by atoms with E-state index in [1.165, 1.54) is 0 Å². The molecule has 2 heterocycles. The monoisotopic (exact) mass is 239 g/mol. The predicted octanol–water partition coefficient (Wildman–Crippen LogP) is 2.56. The number of para-hydroxylation sites is 1. The number of aromatic nitrogens is 1. The van der Waals surface area contributed by atoms with Crippen LogP contribution in [0.15, 0.2) is 36.5 Å². The number of ketones is 1. The molecule has 0 aliphatic carbocycles. The number of ether oxygens (including phenoxy) is 1. The van der Waals surface area contributed by atoms with Crippen molar-refractivity contribution in [1.82, 2.24) is 4.98 Å². The number of carbonyl (C=O) groups excluding carboxylic acids is 1. The maximum Gasteiger partial charge on any atom is 0.215 e. The number of aryl methyl sites for hydroxylation is 1. The summed E-state index contributed by atoms with van der Waals surface area (Å²) in [7, 11) is 0. The molecule has 1 aromatic carbocycles. The second-order valence-corrected chi connectivity index (χ2v) is 4.44. The lowest BCUT2D eigenvalue weighted by molar-refractivity contribution is 0.103. The van der Waals surface area contributed by atoms with Crippen LogP contribution in [0.5, 0.6) is 5.75 Å². The number of nitrogens with zero attached hydrogens (tertiary/aromatic N) is 1. The molecule has 1 aliphatic heterocycles. The quantitative estimate of drug-likeness (QED) is 0.756. The fraction of sp³-hybridized carbons (Fsp3) is 0.200. The molecule has 0 atom stereocenters. The molecule has 18 heavy (non-hydrogen) atoms. The first kappa shape index (κ1) is 11.0. The largest absolute Gasteiger partial charge is 0.492 e. The van der Waals surface area contributed by atoms with E-state index in [2.05, 4.69) is 4.98 Å². The van der Waals surface area contributed by atoms with Gasteiger partial charge in [0.25, 0.3) is 0 Å². The highest BCUT2D eigenvalue weighted by Gasteiger charge is 2.21. The van der Waals surface area contributed by atoms with E-state index in [-0.39, 0.29) is 5.78 Å². The zero-order chi connectivity index (χ0) is 12.5. The fourth-order valence-electron chi connectivity index (χ4n) is 2.19. The Bertz CT molecular complexity index is 620. The first-order valence-electron chi connectivity index (χ1n) is 5.98. The predicted molar refractivity (Wildman–Crippen MR) is 68.0 cm³/mol. The van der Waals surface area contributed by atoms with Gasteiger partial charge in [0.2, 0.25) is 5.78 Å². The first-order valence-corrected chi connectivity index (χ1v) is 5.98. The fourth-order valence-corrected chi connectivity index (χ4v) is 2.19. The van der Waals surface area contributed by atoms with E-state index in [4.69, 9.17) is 4.74 Å². The van der Waals surface area contributed by atoms with E-state index in [0.29, 0.717) is 17.9 Å². The molecule has 3 rings (SSSR count).